The molecule has 0 saturated carbocycles. The molecule has 6 aromatic carbocycles. The van der Waals surface area contributed by atoms with Gasteiger partial charge in [-0.25, -0.2) is 18.4 Å². The normalized spacial score (nSPS) is 12.1. The molecule has 2 amide bonds. The predicted octanol–water partition coefficient (Wildman–Crippen LogP) is 16.3. The first-order chi connectivity index (χ1) is 42.6. The van der Waals surface area contributed by atoms with E-state index in [4.69, 9.17) is 14.2 Å². The van der Waals surface area contributed by atoms with Crippen LogP contribution in [0.15, 0.2) is 133 Å². The number of halogens is 2. The molecule has 0 aliphatic heterocycles. The summed E-state index contributed by atoms with van der Waals surface area (Å²) in [5.74, 6) is -2.16. The van der Waals surface area contributed by atoms with Crippen LogP contribution in [0.25, 0.3) is 42.3 Å². The fraction of sp³-hybridized carbons (Fsp3) is 0.380. The van der Waals surface area contributed by atoms with Crippen LogP contribution >= 0.6 is 22.7 Å². The van der Waals surface area contributed by atoms with Crippen molar-refractivity contribution in [1.29, 1.82) is 0 Å². The highest BCUT2D eigenvalue weighted by Gasteiger charge is 2.26. The third kappa shape index (κ3) is 20.4. The number of rotatable bonds is 28. The number of unbranched alkanes of at least 4 members (excludes halogenated alkanes) is 8. The minimum absolute atomic E-state index is 0.0518. The largest absolute Gasteiger partial charge is 0.494 e. The molecule has 2 aromatic heterocycles. The Morgan fingerprint density at radius 1 is 0.494 bits per heavy atom. The van der Waals surface area contributed by atoms with Gasteiger partial charge in [0.05, 0.1) is 20.3 Å². The zero-order valence-electron chi connectivity index (χ0n) is 52.4. The minimum atomic E-state index is -1.23. The predicted molar refractivity (Wildman–Crippen MR) is 350 cm³/mol. The lowest BCUT2D eigenvalue weighted by atomic mass is 9.86. The lowest BCUT2D eigenvalue weighted by Gasteiger charge is -2.20. The molecule has 14 nitrogen and oxygen atoms in total. The van der Waals surface area contributed by atoms with Gasteiger partial charge in [-0.15, -0.1) is 20.4 Å². The molecule has 0 radical (unpaired) electrons. The van der Waals surface area contributed by atoms with Crippen molar-refractivity contribution in [3.63, 3.8) is 0 Å². The Hall–Kier alpha value is -8.22. The molecule has 2 heterocycles. The minimum Gasteiger partial charge on any atom is -0.494 e. The number of carbonyl (C=O) groups excluding carboxylic acids is 3. The lowest BCUT2D eigenvalue weighted by molar-refractivity contribution is -0.143. The summed E-state index contributed by atoms with van der Waals surface area (Å²) in [6.07, 6.45) is 11.8. The molecule has 0 spiro atoms. The zero-order valence-corrected chi connectivity index (χ0v) is 54.1. The van der Waals surface area contributed by atoms with Gasteiger partial charge < -0.3 is 30.0 Å². The fourth-order valence-electron chi connectivity index (χ4n) is 9.53. The molecule has 470 valence electrons. The smallest absolute Gasteiger partial charge is 0.328 e. The van der Waals surface area contributed by atoms with E-state index in [2.05, 4.69) is 86.4 Å². The molecule has 2 atom stereocenters. The van der Waals surface area contributed by atoms with Crippen molar-refractivity contribution in [2.45, 2.75) is 155 Å². The van der Waals surface area contributed by atoms with E-state index in [0.29, 0.717) is 61.1 Å². The summed E-state index contributed by atoms with van der Waals surface area (Å²) in [5.41, 5.74) is 6.09. The van der Waals surface area contributed by atoms with Gasteiger partial charge in [0, 0.05) is 46.2 Å². The number of esters is 1. The van der Waals surface area contributed by atoms with Crippen LogP contribution in [0.2, 0.25) is 0 Å². The maximum Gasteiger partial charge on any atom is 0.328 e. The Morgan fingerprint density at radius 2 is 0.865 bits per heavy atom. The van der Waals surface area contributed by atoms with E-state index >= 15 is 8.78 Å². The number of hydrogen-bond donors (Lipinski definition) is 3. The van der Waals surface area contributed by atoms with Gasteiger partial charge in [0.2, 0.25) is 0 Å². The first kappa shape index (κ1) is 68.3. The van der Waals surface area contributed by atoms with Crippen LogP contribution in [0.5, 0.6) is 11.5 Å². The van der Waals surface area contributed by atoms with Crippen molar-refractivity contribution in [2.75, 3.05) is 20.3 Å². The zero-order chi connectivity index (χ0) is 64.1. The van der Waals surface area contributed by atoms with E-state index in [-0.39, 0.29) is 29.2 Å². The Labute approximate surface area is 529 Å². The third-order valence-corrected chi connectivity index (χ3v) is 16.9. The quantitative estimate of drug-likeness (QED) is 0.0311. The third-order valence-electron chi connectivity index (χ3n) is 14.9. The summed E-state index contributed by atoms with van der Waals surface area (Å²) in [7, 11) is 1.26. The summed E-state index contributed by atoms with van der Waals surface area (Å²) >= 11 is 2.56. The molecular weight excluding hydrogens is 1170 g/mol. The van der Waals surface area contributed by atoms with Gasteiger partial charge >= 0.3 is 11.9 Å². The van der Waals surface area contributed by atoms with E-state index in [1.807, 2.05) is 72.8 Å². The van der Waals surface area contributed by atoms with Crippen molar-refractivity contribution in [2.24, 2.45) is 0 Å². The van der Waals surface area contributed by atoms with Crippen LogP contribution in [0, 0.1) is 11.6 Å². The molecule has 0 fully saturated rings. The van der Waals surface area contributed by atoms with Crippen LogP contribution in [-0.4, -0.2) is 81.7 Å². The molecule has 0 saturated heterocycles. The van der Waals surface area contributed by atoms with Crippen molar-refractivity contribution in [3.8, 4) is 53.8 Å². The SMILES string of the molecule is CCCCCCCOc1ccc(-c2nnc(-c3ccc(C[C@H](NC(=O)c4ccc(C(C)(C)C)cc4)C(=O)O)cc3F)s2)cc1.CCCCCCCOc1ccc(-c2nnc(-c3ccc(C[C@H](NC(=O)c4ccc(C(C)(C)C)cc4)C(=O)OC)cc3F)s2)cc1. The van der Waals surface area contributed by atoms with Crippen molar-refractivity contribution >= 4 is 46.4 Å². The second-order valence-electron chi connectivity index (χ2n) is 24.0. The number of carboxylic acids is 1. The molecule has 0 bridgehead atoms. The second kappa shape index (κ2) is 32.8. The van der Waals surface area contributed by atoms with Crippen molar-refractivity contribution in [1.82, 2.24) is 31.0 Å². The molecule has 18 heteroatoms. The highest BCUT2D eigenvalue weighted by molar-refractivity contribution is 7.18. The summed E-state index contributed by atoms with van der Waals surface area (Å²) in [6, 6.07) is 36.6. The molecule has 8 rings (SSSR count). The Morgan fingerprint density at radius 3 is 1.22 bits per heavy atom. The molecule has 0 unspecified atom stereocenters. The molecule has 0 aliphatic carbocycles. The first-order valence-corrected chi connectivity index (χ1v) is 32.1. The highest BCUT2D eigenvalue weighted by atomic mass is 32.1. The number of nitrogens with one attached hydrogen (secondary N) is 2. The molecule has 3 N–H and O–H groups in total. The monoisotopic (exact) mass is 1250 g/mol. The number of amides is 2. The number of carboxylic acid groups (broad SMARTS) is 1. The van der Waals surface area contributed by atoms with Crippen molar-refractivity contribution in [3.05, 3.63) is 178 Å². The van der Waals surface area contributed by atoms with Crippen LogP contribution in [0.4, 0.5) is 8.78 Å². The first-order valence-electron chi connectivity index (χ1n) is 30.5. The van der Waals surface area contributed by atoms with E-state index in [1.165, 1.54) is 93.3 Å². The van der Waals surface area contributed by atoms with Gasteiger partial charge in [-0.3, -0.25) is 9.59 Å². The van der Waals surface area contributed by atoms with Gasteiger partial charge in [0.25, 0.3) is 11.8 Å². The molecule has 0 aliphatic rings. The number of aromatic nitrogens is 4. The van der Waals surface area contributed by atoms with Gasteiger partial charge in [0.1, 0.15) is 45.2 Å². The van der Waals surface area contributed by atoms with Gasteiger partial charge in [-0.05, 0) is 143 Å². The number of aliphatic carboxylic acids is 1. The van der Waals surface area contributed by atoms with E-state index < -0.39 is 47.5 Å². The summed E-state index contributed by atoms with van der Waals surface area (Å²) in [6.45, 7) is 18.3. The van der Waals surface area contributed by atoms with E-state index in [1.54, 1.807) is 48.5 Å². The standard InChI is InChI=1S/C36H42FN3O4S.C35H40FN3O4S/c1-6-7-8-9-10-21-44-28-18-14-26(15-19-28)33-39-40-34(45-33)29-20-11-24(22-30(29)37)23-31(35(42)43-5)38-32(41)25-12-16-27(17-13-25)36(2,3)4;1-5-6-7-8-9-20-43-27-17-13-25(14-18-27)32-38-39-33(44-32)28-19-10-23(21-29(28)36)22-30(34(41)42)37-31(40)24-11-15-26(16-12-24)35(2,3)4/h11-20,22,31H,6-10,21,23H2,1-5H3,(H,38,41);10-19,21,30H,5-9,20,22H2,1-4H3,(H,37,40)(H,41,42)/t31-;30-/m00/s1. The van der Waals surface area contributed by atoms with Gasteiger partial charge in [-0.2, -0.15) is 0 Å². The van der Waals surface area contributed by atoms with Crippen LogP contribution in [0.3, 0.4) is 0 Å². The number of hydrogen-bond acceptors (Lipinski definition) is 13. The number of nitrogens with zero attached hydrogens (tertiary/aromatic N) is 4. The van der Waals surface area contributed by atoms with Crippen LogP contribution in [0.1, 0.15) is 163 Å². The Kier molecular flexibility index (Phi) is 25.2. The maximum absolute atomic E-state index is 15.3. The Balaban J connectivity index is 0.000000254. The lowest BCUT2D eigenvalue weighted by Crippen LogP contribution is -2.43. The number of methoxy groups -OCH3 is 1. The van der Waals surface area contributed by atoms with Gasteiger partial charge in [-0.1, -0.05) is 166 Å². The average Bonchev–Trinajstić information content (AvgIpc) is 2.27. The van der Waals surface area contributed by atoms with Gasteiger partial charge in [0.15, 0.2) is 10.0 Å². The number of carbonyl (C=O) groups is 4. The van der Waals surface area contributed by atoms with E-state index in [0.717, 1.165) is 46.6 Å². The average molecular weight is 1250 g/mol. The van der Waals surface area contributed by atoms with Crippen LogP contribution in [-0.2, 0) is 38.0 Å². The maximum atomic E-state index is 15.3. The Bertz CT molecular complexity index is 3580. The number of ether oxygens (including phenoxy) is 3. The summed E-state index contributed by atoms with van der Waals surface area (Å²) in [4.78, 5) is 50.2. The number of benzene rings is 6. The van der Waals surface area contributed by atoms with E-state index in [9.17, 15) is 24.3 Å². The molecule has 89 heavy (non-hydrogen) atoms. The highest BCUT2D eigenvalue weighted by Crippen LogP contribution is 2.35. The molecular formula is C71H82F2N6O8S2. The fourth-order valence-corrected chi connectivity index (χ4v) is 11.3. The summed E-state index contributed by atoms with van der Waals surface area (Å²) in [5, 5.41) is 34.2. The second-order valence-corrected chi connectivity index (χ2v) is 26.0. The van der Waals surface area contributed by atoms with Crippen LogP contribution < -0.4 is 20.1 Å². The summed E-state index contributed by atoms with van der Waals surface area (Å²) < 4.78 is 47.2. The van der Waals surface area contributed by atoms with Crippen molar-refractivity contribution < 1.29 is 47.3 Å². The molecule has 8 aromatic rings. The topological polar surface area (TPSA) is 192 Å².